The predicted octanol–water partition coefficient (Wildman–Crippen LogP) is 2.43. The second-order valence-electron chi connectivity index (χ2n) is 12.8. The molecule has 1 saturated heterocycles. The first-order valence-corrected chi connectivity index (χ1v) is 16.9. The number of carbonyl (C=O) groups is 2. The fraction of sp³-hybridized carbons (Fsp3) is 0.562. The maximum Gasteiger partial charge on any atom is 0.243 e. The number of hydrogen-bond donors (Lipinski definition) is 3. The number of aliphatic hydroxyl groups is 1. The van der Waals surface area contributed by atoms with Crippen LogP contribution in [0.5, 0.6) is 17.2 Å². The Balaban J connectivity index is 1.26. The molecular weight excluding hydrogens is 586 g/mol. The molecule has 7 rings (SSSR count). The zero-order chi connectivity index (χ0) is 31.2. The first-order chi connectivity index (χ1) is 21.0. The Bertz CT molecular complexity index is 1650. The lowest BCUT2D eigenvalue weighted by atomic mass is 9.47. The number of anilines is 1. The lowest BCUT2D eigenvalue weighted by Crippen LogP contribution is -2.78. The van der Waals surface area contributed by atoms with Crippen molar-refractivity contribution in [1.29, 1.82) is 0 Å². The molecule has 11 nitrogen and oxygen atoms in total. The number of nitrogens with one attached hydrogen (secondary N) is 1. The highest BCUT2D eigenvalue weighted by Gasteiger charge is 2.75. The predicted molar refractivity (Wildman–Crippen MR) is 160 cm³/mol. The number of nitrogens with zero attached hydrogens (tertiary/aromatic N) is 2. The average molecular weight is 626 g/mol. The molecule has 1 spiro atoms. The normalized spacial score (nSPS) is 30.6. The van der Waals surface area contributed by atoms with Gasteiger partial charge in [-0.3, -0.25) is 14.5 Å². The van der Waals surface area contributed by atoms with E-state index in [2.05, 4.69) is 10.2 Å². The number of phenols is 1. The van der Waals surface area contributed by atoms with E-state index in [1.807, 2.05) is 6.07 Å². The van der Waals surface area contributed by atoms with Gasteiger partial charge in [0, 0.05) is 31.2 Å². The van der Waals surface area contributed by atoms with E-state index >= 15 is 0 Å². The average Bonchev–Trinajstić information content (AvgIpc) is 3.74. The number of aromatic hydroxyl groups is 1. The van der Waals surface area contributed by atoms with Crippen LogP contribution in [-0.4, -0.2) is 90.6 Å². The van der Waals surface area contributed by atoms with Crippen molar-refractivity contribution >= 4 is 27.4 Å². The number of ketones is 1. The van der Waals surface area contributed by atoms with Crippen LogP contribution in [0.2, 0.25) is 0 Å². The standard InChI is InChI=1S/C32H39N3O8S/c1-4-35(5-2)44(40,41)20-9-11-24(42-3)22(15-20)33-30(38)21-16-32(39)25-14-19-8-10-23(36)28-26(19)31(32,29(43-28)27(21)37)12-13-34(25)17-18-6-7-18/h8-11,15,18,21,25,29,36,39H,4-7,12-14,16-17H2,1-3H3,(H,33,38)/t21?,25-,29+,31+,32-/m1/s1. The Morgan fingerprint density at radius 3 is 2.64 bits per heavy atom. The highest BCUT2D eigenvalue weighted by Crippen LogP contribution is 2.65. The Hall–Kier alpha value is -3.19. The summed E-state index contributed by atoms with van der Waals surface area (Å²) in [5, 5.41) is 26.4. The smallest absolute Gasteiger partial charge is 0.243 e. The topological polar surface area (TPSA) is 146 Å². The Morgan fingerprint density at radius 2 is 1.95 bits per heavy atom. The van der Waals surface area contributed by atoms with Gasteiger partial charge in [-0.1, -0.05) is 19.9 Å². The van der Waals surface area contributed by atoms with Crippen LogP contribution in [0.4, 0.5) is 5.69 Å². The van der Waals surface area contributed by atoms with Gasteiger partial charge >= 0.3 is 0 Å². The highest BCUT2D eigenvalue weighted by molar-refractivity contribution is 7.89. The minimum Gasteiger partial charge on any atom is -0.504 e. The molecule has 44 heavy (non-hydrogen) atoms. The van der Waals surface area contributed by atoms with Crippen molar-refractivity contribution in [2.24, 2.45) is 11.8 Å². The molecule has 2 heterocycles. The number of Topliss-reactive ketones (excluding diaryl/α,β-unsaturated/α-hetero) is 1. The molecule has 1 amide bonds. The Labute approximate surface area is 257 Å². The maximum absolute atomic E-state index is 14.2. The third-order valence-electron chi connectivity index (χ3n) is 10.7. The quantitative estimate of drug-likeness (QED) is 0.358. The number of methoxy groups -OCH3 is 1. The number of likely N-dealkylation sites (tertiary alicyclic amines) is 1. The third-order valence-corrected chi connectivity index (χ3v) is 12.8. The molecule has 0 radical (unpaired) electrons. The van der Waals surface area contributed by atoms with E-state index in [-0.39, 0.29) is 53.4 Å². The molecule has 3 N–H and O–H groups in total. The molecule has 12 heteroatoms. The van der Waals surface area contributed by atoms with E-state index in [1.165, 1.54) is 29.6 Å². The van der Waals surface area contributed by atoms with E-state index in [0.29, 0.717) is 30.9 Å². The van der Waals surface area contributed by atoms with Crippen LogP contribution in [-0.2, 0) is 31.4 Å². The van der Waals surface area contributed by atoms with Crippen molar-refractivity contribution in [3.8, 4) is 17.2 Å². The van der Waals surface area contributed by atoms with Crippen molar-refractivity contribution in [3.63, 3.8) is 0 Å². The van der Waals surface area contributed by atoms with Crippen LogP contribution in [0.15, 0.2) is 35.2 Å². The maximum atomic E-state index is 14.2. The van der Waals surface area contributed by atoms with Gasteiger partial charge in [-0.2, -0.15) is 4.31 Å². The van der Waals surface area contributed by atoms with Gasteiger partial charge in [0.05, 0.1) is 28.7 Å². The summed E-state index contributed by atoms with van der Waals surface area (Å²) in [4.78, 5) is 30.5. The molecule has 5 atom stereocenters. The van der Waals surface area contributed by atoms with Crippen molar-refractivity contribution < 1.29 is 37.7 Å². The third kappa shape index (κ3) is 4.00. The number of hydrogen-bond acceptors (Lipinski definition) is 9. The number of sulfonamides is 1. The highest BCUT2D eigenvalue weighted by atomic mass is 32.2. The lowest BCUT2D eigenvalue weighted by molar-refractivity contribution is -0.197. The van der Waals surface area contributed by atoms with E-state index < -0.39 is 44.8 Å². The molecule has 2 aliphatic heterocycles. The fourth-order valence-corrected chi connectivity index (χ4v) is 9.89. The summed E-state index contributed by atoms with van der Waals surface area (Å²) >= 11 is 0. The summed E-state index contributed by atoms with van der Waals surface area (Å²) < 4.78 is 39.5. The number of carbonyl (C=O) groups excluding carboxylic acids is 2. The van der Waals surface area contributed by atoms with E-state index in [1.54, 1.807) is 19.9 Å². The summed E-state index contributed by atoms with van der Waals surface area (Å²) in [6.45, 7) is 5.60. The Morgan fingerprint density at radius 1 is 1.20 bits per heavy atom. The van der Waals surface area contributed by atoms with Crippen LogP contribution >= 0.6 is 0 Å². The molecule has 5 aliphatic rings. The number of rotatable bonds is 9. The van der Waals surface area contributed by atoms with Crippen molar-refractivity contribution in [3.05, 3.63) is 41.5 Å². The minimum atomic E-state index is -3.83. The summed E-state index contributed by atoms with van der Waals surface area (Å²) in [5.74, 6) is -1.45. The molecule has 0 aromatic heterocycles. The number of ether oxygens (including phenoxy) is 2. The van der Waals surface area contributed by atoms with Crippen LogP contribution in [0.3, 0.4) is 0 Å². The van der Waals surface area contributed by atoms with Crippen molar-refractivity contribution in [1.82, 2.24) is 9.21 Å². The van der Waals surface area contributed by atoms with E-state index in [9.17, 15) is 28.2 Å². The lowest BCUT2D eigenvalue weighted by Gasteiger charge is -2.63. The first-order valence-electron chi connectivity index (χ1n) is 15.5. The van der Waals surface area contributed by atoms with Gasteiger partial charge < -0.3 is 25.0 Å². The van der Waals surface area contributed by atoms with Gasteiger partial charge in [-0.25, -0.2) is 8.42 Å². The molecule has 1 unspecified atom stereocenters. The summed E-state index contributed by atoms with van der Waals surface area (Å²) in [7, 11) is -2.42. The molecule has 3 fully saturated rings. The second-order valence-corrected chi connectivity index (χ2v) is 14.8. The van der Waals surface area contributed by atoms with Crippen LogP contribution in [0.25, 0.3) is 0 Å². The van der Waals surface area contributed by atoms with Gasteiger partial charge in [0.2, 0.25) is 15.9 Å². The molecule has 2 aromatic carbocycles. The van der Waals surface area contributed by atoms with Gasteiger partial charge in [-0.15, -0.1) is 0 Å². The summed E-state index contributed by atoms with van der Waals surface area (Å²) in [6, 6.07) is 7.35. The monoisotopic (exact) mass is 625 g/mol. The minimum absolute atomic E-state index is 0.0139. The molecule has 236 valence electrons. The number of benzene rings is 2. The molecule has 2 aromatic rings. The number of piperidine rings is 1. The molecule has 3 aliphatic carbocycles. The zero-order valence-corrected chi connectivity index (χ0v) is 26.0. The molecule has 2 bridgehead atoms. The SMILES string of the molecule is CCN(CC)S(=O)(=O)c1ccc(OC)c(NC(=O)C2C[C@@]3(O)[C@H]4Cc5ccc(O)c6c5[C@@]3(CCN4CC3CC3)[C@@H](O6)C2=O)c1. The Kier molecular flexibility index (Phi) is 6.82. The molecular formula is C32H39N3O8S. The van der Waals surface area contributed by atoms with E-state index in [0.717, 1.165) is 24.9 Å². The van der Waals surface area contributed by atoms with Gasteiger partial charge in [0.15, 0.2) is 23.4 Å². The van der Waals surface area contributed by atoms with Crippen LogP contribution in [0, 0.1) is 11.8 Å². The number of amides is 1. The van der Waals surface area contributed by atoms with Crippen LogP contribution in [0.1, 0.15) is 50.7 Å². The summed E-state index contributed by atoms with van der Waals surface area (Å²) in [6.07, 6.45) is 2.05. The first kappa shape index (κ1) is 29.5. The molecule has 2 saturated carbocycles. The zero-order valence-electron chi connectivity index (χ0n) is 25.2. The van der Waals surface area contributed by atoms with Crippen molar-refractivity contribution in [2.75, 3.05) is 38.6 Å². The second kappa shape index (κ2) is 10.2. The largest absolute Gasteiger partial charge is 0.504 e. The van der Waals surface area contributed by atoms with Gasteiger partial charge in [0.1, 0.15) is 11.7 Å². The van der Waals surface area contributed by atoms with Gasteiger partial charge in [0.25, 0.3) is 0 Å². The fourth-order valence-electron chi connectivity index (χ4n) is 8.40. The summed E-state index contributed by atoms with van der Waals surface area (Å²) in [5.41, 5.74) is -0.758. The van der Waals surface area contributed by atoms with E-state index in [4.69, 9.17) is 9.47 Å². The van der Waals surface area contributed by atoms with Crippen molar-refractivity contribution in [2.45, 2.75) is 74.0 Å². The van der Waals surface area contributed by atoms with Gasteiger partial charge in [-0.05, 0) is 74.4 Å². The van der Waals surface area contributed by atoms with Crippen LogP contribution < -0.4 is 14.8 Å². The number of phenolic OH excluding ortho intramolecular Hbond substituents is 1.